The van der Waals surface area contributed by atoms with Crippen LogP contribution in [-0.2, 0) is 0 Å². The molecule has 8 heteroatoms. The lowest BCUT2D eigenvalue weighted by atomic mass is 10.1. The van der Waals surface area contributed by atoms with Gasteiger partial charge in [0.2, 0.25) is 0 Å². The van der Waals surface area contributed by atoms with Crippen molar-refractivity contribution in [2.45, 2.75) is 0 Å². The van der Waals surface area contributed by atoms with E-state index in [1.807, 2.05) is 17.6 Å². The van der Waals surface area contributed by atoms with Crippen LogP contribution in [0.3, 0.4) is 0 Å². The maximum absolute atomic E-state index is 13.8. The molecule has 0 radical (unpaired) electrons. The van der Waals surface area contributed by atoms with E-state index in [1.165, 1.54) is 12.1 Å². The van der Waals surface area contributed by atoms with Crippen molar-refractivity contribution in [2.24, 2.45) is 0 Å². The SMILES string of the molecule is C=Cc1nn(PI)c2cnc(-c3cc(F)ccc3OCCNC)cc12. The largest absolute Gasteiger partial charge is 0.492 e. The number of pyridine rings is 1. The van der Waals surface area contributed by atoms with Gasteiger partial charge in [0.15, 0.2) is 0 Å². The molecule has 2 heterocycles. The van der Waals surface area contributed by atoms with Gasteiger partial charge in [0.05, 0.1) is 29.5 Å². The molecule has 0 aliphatic carbocycles. The Morgan fingerprint density at radius 3 is 3.00 bits per heavy atom. The Kier molecular flexibility index (Phi) is 5.98. The molecule has 3 aromatic rings. The average Bonchev–Trinajstić information content (AvgIpc) is 3.00. The highest BCUT2D eigenvalue weighted by Gasteiger charge is 2.14. The fraction of sp³-hybridized carbons (Fsp3) is 0.176. The van der Waals surface area contributed by atoms with Gasteiger partial charge in [0.25, 0.3) is 0 Å². The molecular weight excluding hydrogens is 453 g/mol. The van der Waals surface area contributed by atoms with Crippen LogP contribution in [0.2, 0.25) is 0 Å². The van der Waals surface area contributed by atoms with E-state index < -0.39 is 0 Å². The van der Waals surface area contributed by atoms with Crippen LogP contribution < -0.4 is 10.1 Å². The van der Waals surface area contributed by atoms with Crippen molar-refractivity contribution in [3.8, 4) is 17.0 Å². The first-order valence-corrected chi connectivity index (χ1v) is 11.7. The van der Waals surface area contributed by atoms with Crippen LogP contribution in [0.4, 0.5) is 4.39 Å². The van der Waals surface area contributed by atoms with Crippen molar-refractivity contribution in [1.29, 1.82) is 0 Å². The van der Waals surface area contributed by atoms with E-state index in [-0.39, 0.29) is 5.82 Å². The van der Waals surface area contributed by atoms with E-state index in [9.17, 15) is 4.39 Å². The van der Waals surface area contributed by atoms with E-state index in [4.69, 9.17) is 4.74 Å². The Bertz CT molecular complexity index is 915. The molecule has 0 fully saturated rings. The van der Waals surface area contributed by atoms with E-state index >= 15 is 0 Å². The molecule has 1 unspecified atom stereocenters. The van der Waals surface area contributed by atoms with Gasteiger partial charge in [-0.15, -0.1) is 0 Å². The molecular formula is C17H17FIN4OP. The summed E-state index contributed by atoms with van der Waals surface area (Å²) in [6.07, 6.45) is 3.94. The van der Waals surface area contributed by atoms with Gasteiger partial charge >= 0.3 is 0 Å². The summed E-state index contributed by atoms with van der Waals surface area (Å²) in [5.74, 6) is 0.276. The summed E-state index contributed by atoms with van der Waals surface area (Å²) < 4.78 is 21.5. The van der Waals surface area contributed by atoms with Crippen LogP contribution in [0.15, 0.2) is 37.0 Å². The Morgan fingerprint density at radius 1 is 1.44 bits per heavy atom. The Labute approximate surface area is 160 Å². The highest BCUT2D eigenvalue weighted by atomic mass is 127. The molecule has 130 valence electrons. The van der Waals surface area contributed by atoms with Gasteiger partial charge in [-0.25, -0.2) is 8.84 Å². The molecule has 2 aromatic heterocycles. The second-order valence-electron chi connectivity index (χ2n) is 5.26. The maximum Gasteiger partial charge on any atom is 0.128 e. The van der Waals surface area contributed by atoms with Crippen LogP contribution in [0.25, 0.3) is 28.2 Å². The standard InChI is InChI=1S/C17H17FIN4OP/c1-3-14-12-9-15(21-10-16(12)23(22-14)25-19)13-8-11(18)4-5-17(13)24-7-6-20-2/h3-5,8-10,20,25H,1,6-7H2,2H3. The number of hydrogen-bond acceptors (Lipinski definition) is 4. The summed E-state index contributed by atoms with van der Waals surface area (Å²) in [7, 11) is 1.85. The van der Waals surface area contributed by atoms with Crippen molar-refractivity contribution in [2.75, 3.05) is 20.2 Å². The third kappa shape index (κ3) is 3.83. The molecule has 1 atom stereocenters. The zero-order valence-corrected chi connectivity index (χ0v) is 16.7. The lowest BCUT2D eigenvalue weighted by molar-refractivity contribution is 0.319. The van der Waals surface area contributed by atoms with Gasteiger partial charge in [0, 0.05) is 17.5 Å². The number of hydrogen-bond donors (Lipinski definition) is 1. The lowest BCUT2D eigenvalue weighted by Gasteiger charge is -2.11. The minimum atomic E-state index is -0.328. The third-order valence-electron chi connectivity index (χ3n) is 3.70. The van der Waals surface area contributed by atoms with E-state index in [2.05, 4.69) is 44.0 Å². The van der Waals surface area contributed by atoms with Crippen molar-refractivity contribution < 1.29 is 9.13 Å². The monoisotopic (exact) mass is 470 g/mol. The predicted molar refractivity (Wildman–Crippen MR) is 110 cm³/mol. The average molecular weight is 470 g/mol. The van der Waals surface area contributed by atoms with Crippen LogP contribution in [0, 0.1) is 5.82 Å². The molecule has 25 heavy (non-hydrogen) atoms. The summed E-state index contributed by atoms with van der Waals surface area (Å²) in [6, 6.07) is 6.38. The van der Waals surface area contributed by atoms with Gasteiger partial charge in [-0.05, 0) is 59.4 Å². The summed E-state index contributed by atoms with van der Waals surface area (Å²) in [5, 5.41) is 8.47. The number of ether oxygens (including phenoxy) is 1. The van der Waals surface area contributed by atoms with Gasteiger partial charge in [-0.3, -0.25) is 4.98 Å². The first-order chi connectivity index (χ1) is 12.2. The molecule has 0 aliphatic rings. The fourth-order valence-corrected chi connectivity index (χ4v) is 4.01. The number of rotatable bonds is 7. The molecule has 0 aliphatic heterocycles. The molecule has 5 nitrogen and oxygen atoms in total. The molecule has 0 spiro atoms. The fourth-order valence-electron chi connectivity index (χ4n) is 2.49. The summed E-state index contributed by atoms with van der Waals surface area (Å²) >= 11 is 2.27. The van der Waals surface area contributed by atoms with E-state index in [1.54, 1.807) is 18.3 Å². The number of benzene rings is 1. The molecule has 0 saturated heterocycles. The first-order valence-electron chi connectivity index (χ1n) is 7.63. The number of fused-ring (bicyclic) bond motifs is 1. The zero-order chi connectivity index (χ0) is 17.8. The molecule has 1 aromatic carbocycles. The van der Waals surface area contributed by atoms with Gasteiger partial charge < -0.3 is 10.1 Å². The van der Waals surface area contributed by atoms with Crippen molar-refractivity contribution in [1.82, 2.24) is 19.9 Å². The van der Waals surface area contributed by atoms with Crippen molar-refractivity contribution >= 4 is 45.4 Å². The maximum atomic E-state index is 13.8. The quantitative estimate of drug-likeness (QED) is 0.319. The second-order valence-corrected chi connectivity index (χ2v) is 7.30. The molecule has 0 bridgehead atoms. The summed E-state index contributed by atoms with van der Waals surface area (Å²) in [5.41, 5.74) is 2.99. The van der Waals surface area contributed by atoms with E-state index in [0.717, 1.165) is 16.6 Å². The number of nitrogens with one attached hydrogen (secondary N) is 1. The summed E-state index contributed by atoms with van der Waals surface area (Å²) in [6.45, 7) is 5.02. The second kappa shape index (κ2) is 8.21. The predicted octanol–water partition coefficient (Wildman–Crippen LogP) is 4.27. The topological polar surface area (TPSA) is 52.0 Å². The highest BCUT2D eigenvalue weighted by Crippen LogP contribution is 2.35. The Morgan fingerprint density at radius 2 is 2.28 bits per heavy atom. The van der Waals surface area contributed by atoms with Crippen LogP contribution >= 0.6 is 28.4 Å². The smallest absolute Gasteiger partial charge is 0.128 e. The number of halogens is 2. The van der Waals surface area contributed by atoms with Gasteiger partial charge in [-0.1, -0.05) is 6.58 Å². The number of aromatic nitrogens is 3. The van der Waals surface area contributed by atoms with Crippen molar-refractivity contribution in [3.63, 3.8) is 0 Å². The highest BCUT2D eigenvalue weighted by molar-refractivity contribution is 14.2. The molecule has 0 amide bonds. The van der Waals surface area contributed by atoms with Crippen LogP contribution in [-0.4, -0.2) is 34.7 Å². The minimum absolute atomic E-state index is 0.328. The van der Waals surface area contributed by atoms with Crippen molar-refractivity contribution in [3.05, 3.63) is 48.6 Å². The van der Waals surface area contributed by atoms with Gasteiger partial charge in [0.1, 0.15) is 18.2 Å². The summed E-state index contributed by atoms with van der Waals surface area (Å²) in [4.78, 5) is 4.51. The van der Waals surface area contributed by atoms with Crippen LogP contribution in [0.1, 0.15) is 5.69 Å². The zero-order valence-electron chi connectivity index (χ0n) is 13.6. The number of likely N-dealkylation sites (N-methyl/N-ethyl adjacent to an activating group) is 1. The minimum Gasteiger partial charge on any atom is -0.492 e. The first kappa shape index (κ1) is 18.2. The molecule has 3 rings (SSSR count). The lowest BCUT2D eigenvalue weighted by Crippen LogP contribution is -2.16. The van der Waals surface area contributed by atoms with Gasteiger partial charge in [-0.2, -0.15) is 5.10 Å². The Hall–Kier alpha value is -1.57. The molecule has 1 N–H and O–H groups in total. The third-order valence-corrected chi connectivity index (χ3v) is 5.57. The van der Waals surface area contributed by atoms with E-state index in [0.29, 0.717) is 36.5 Å². The normalized spacial score (nSPS) is 11.5. The Balaban J connectivity index is 2.09. The number of nitrogens with zero attached hydrogens (tertiary/aromatic N) is 3. The molecule has 0 saturated carbocycles. The van der Waals surface area contributed by atoms with Crippen LogP contribution in [0.5, 0.6) is 5.75 Å².